The molecule has 2 aromatic carbocycles. The van der Waals surface area contributed by atoms with Gasteiger partial charge in [-0.05, 0) is 34.4 Å². The Morgan fingerprint density at radius 1 is 0.682 bits per heavy atom. The number of hydrogen-bond acceptors (Lipinski definition) is 2. The quantitative estimate of drug-likeness (QED) is 0.829. The Labute approximate surface area is 128 Å². The molecule has 0 aliphatic rings. The van der Waals surface area contributed by atoms with E-state index >= 15 is 0 Å². The summed E-state index contributed by atoms with van der Waals surface area (Å²) in [6, 6.07) is 15.2. The van der Waals surface area contributed by atoms with Crippen molar-refractivity contribution < 1.29 is 9.59 Å². The summed E-state index contributed by atoms with van der Waals surface area (Å²) in [5, 5.41) is 0. The van der Waals surface area contributed by atoms with E-state index in [1.165, 1.54) is 12.2 Å². The predicted molar refractivity (Wildman–Crippen MR) is 88.3 cm³/mol. The van der Waals surface area contributed by atoms with Crippen LogP contribution in [0.15, 0.2) is 60.7 Å². The van der Waals surface area contributed by atoms with E-state index < -0.39 is 11.8 Å². The summed E-state index contributed by atoms with van der Waals surface area (Å²) >= 11 is 0. The van der Waals surface area contributed by atoms with Crippen molar-refractivity contribution in [3.8, 4) is 11.1 Å². The van der Waals surface area contributed by atoms with Gasteiger partial charge in [0.1, 0.15) is 0 Å². The molecule has 110 valence electrons. The molecule has 0 aliphatic heterocycles. The zero-order valence-electron chi connectivity index (χ0n) is 11.9. The Balaban J connectivity index is 2.53. The van der Waals surface area contributed by atoms with Crippen LogP contribution in [-0.2, 0) is 9.59 Å². The first-order chi connectivity index (χ1) is 10.6. The van der Waals surface area contributed by atoms with Gasteiger partial charge in [-0.15, -0.1) is 0 Å². The van der Waals surface area contributed by atoms with E-state index in [2.05, 4.69) is 0 Å². The molecule has 0 spiro atoms. The first-order valence-corrected chi connectivity index (χ1v) is 6.71. The number of benzene rings is 2. The maximum atomic E-state index is 10.9. The highest BCUT2D eigenvalue weighted by atomic mass is 16.1. The van der Waals surface area contributed by atoms with Crippen molar-refractivity contribution >= 4 is 24.0 Å². The summed E-state index contributed by atoms with van der Waals surface area (Å²) in [7, 11) is 0. The number of rotatable bonds is 5. The van der Waals surface area contributed by atoms with Crippen LogP contribution >= 0.6 is 0 Å². The van der Waals surface area contributed by atoms with Gasteiger partial charge in [0.05, 0.1) is 0 Å². The van der Waals surface area contributed by atoms with Crippen LogP contribution in [0.2, 0.25) is 0 Å². The molecule has 0 radical (unpaired) electrons. The third-order valence-corrected chi connectivity index (χ3v) is 3.07. The Kier molecular flexibility index (Phi) is 4.88. The summed E-state index contributed by atoms with van der Waals surface area (Å²) in [5.74, 6) is -1.01. The smallest absolute Gasteiger partial charge is 0.241 e. The number of hydrogen-bond donors (Lipinski definition) is 2. The van der Waals surface area contributed by atoms with E-state index in [9.17, 15) is 9.59 Å². The minimum Gasteiger partial charge on any atom is -0.366 e. The van der Waals surface area contributed by atoms with E-state index in [-0.39, 0.29) is 0 Å². The molecular formula is C18H16N2O2. The summed E-state index contributed by atoms with van der Waals surface area (Å²) in [5.41, 5.74) is 13.9. The molecule has 0 unspecified atom stereocenters. The Morgan fingerprint density at radius 2 is 1.05 bits per heavy atom. The number of nitrogens with two attached hydrogens (primary N) is 2. The third kappa shape index (κ3) is 3.93. The second-order valence-corrected chi connectivity index (χ2v) is 4.65. The van der Waals surface area contributed by atoms with Gasteiger partial charge in [0.15, 0.2) is 0 Å². The van der Waals surface area contributed by atoms with Crippen LogP contribution in [0.3, 0.4) is 0 Å². The lowest BCUT2D eigenvalue weighted by atomic mass is 9.95. The second kappa shape index (κ2) is 7.04. The summed E-state index contributed by atoms with van der Waals surface area (Å²) in [6.45, 7) is 0. The van der Waals surface area contributed by atoms with Crippen LogP contribution in [-0.4, -0.2) is 11.8 Å². The van der Waals surface area contributed by atoms with Gasteiger partial charge in [0, 0.05) is 12.2 Å². The molecule has 22 heavy (non-hydrogen) atoms. The van der Waals surface area contributed by atoms with Crippen LogP contribution in [0.5, 0.6) is 0 Å². The first-order valence-electron chi connectivity index (χ1n) is 6.71. The lowest BCUT2D eigenvalue weighted by molar-refractivity contribution is -0.114. The number of primary amides is 2. The van der Waals surface area contributed by atoms with Gasteiger partial charge in [-0.1, -0.05) is 48.5 Å². The fraction of sp³-hybridized carbons (Fsp3) is 0. The Hall–Kier alpha value is -3.14. The topological polar surface area (TPSA) is 86.2 Å². The molecule has 0 saturated carbocycles. The second-order valence-electron chi connectivity index (χ2n) is 4.65. The fourth-order valence-electron chi connectivity index (χ4n) is 2.12. The average molecular weight is 292 g/mol. The summed E-state index contributed by atoms with van der Waals surface area (Å²) in [6.07, 6.45) is 5.99. The van der Waals surface area contributed by atoms with Crippen molar-refractivity contribution in [1.82, 2.24) is 0 Å². The molecule has 0 aromatic heterocycles. The molecule has 0 heterocycles. The minimum atomic E-state index is -0.503. The van der Waals surface area contributed by atoms with Crippen molar-refractivity contribution in [1.29, 1.82) is 0 Å². The molecule has 0 fully saturated rings. The minimum absolute atomic E-state index is 0.503. The van der Waals surface area contributed by atoms with Crippen molar-refractivity contribution in [3.05, 3.63) is 71.8 Å². The standard InChI is InChI=1S/C18H16N2O2/c19-17(21)11-9-13-5-1-3-7-15(13)16-8-4-2-6-14(16)10-12-18(20)22/h1-12H,(H2,19,21)(H2,20,22)/b11-9+,12-10+. The predicted octanol–water partition coefficient (Wildman–Crippen LogP) is 2.35. The molecular weight excluding hydrogens is 276 g/mol. The molecule has 2 rings (SSSR count). The summed E-state index contributed by atoms with van der Waals surface area (Å²) in [4.78, 5) is 21.9. The molecule has 2 aromatic rings. The average Bonchev–Trinajstić information content (AvgIpc) is 2.51. The largest absolute Gasteiger partial charge is 0.366 e. The van der Waals surface area contributed by atoms with Gasteiger partial charge in [-0.2, -0.15) is 0 Å². The van der Waals surface area contributed by atoms with Crippen LogP contribution in [0.1, 0.15) is 11.1 Å². The first kappa shape index (κ1) is 15.3. The van der Waals surface area contributed by atoms with Crippen LogP contribution < -0.4 is 11.5 Å². The monoisotopic (exact) mass is 292 g/mol. The highest BCUT2D eigenvalue weighted by molar-refractivity contribution is 5.94. The number of carbonyl (C=O) groups is 2. The van der Waals surface area contributed by atoms with Gasteiger partial charge in [0.25, 0.3) is 0 Å². The van der Waals surface area contributed by atoms with Crippen LogP contribution in [0, 0.1) is 0 Å². The highest BCUT2D eigenvalue weighted by Crippen LogP contribution is 2.28. The number of carbonyl (C=O) groups excluding carboxylic acids is 2. The van der Waals surface area contributed by atoms with Crippen molar-refractivity contribution in [2.75, 3.05) is 0 Å². The van der Waals surface area contributed by atoms with E-state index in [0.717, 1.165) is 22.3 Å². The van der Waals surface area contributed by atoms with Crippen molar-refractivity contribution in [2.24, 2.45) is 11.5 Å². The van der Waals surface area contributed by atoms with Gasteiger partial charge >= 0.3 is 0 Å². The van der Waals surface area contributed by atoms with Gasteiger partial charge < -0.3 is 11.5 Å². The van der Waals surface area contributed by atoms with Crippen LogP contribution in [0.4, 0.5) is 0 Å². The molecule has 4 heteroatoms. The molecule has 0 atom stereocenters. The van der Waals surface area contributed by atoms with Gasteiger partial charge in [-0.3, -0.25) is 9.59 Å². The van der Waals surface area contributed by atoms with Crippen LogP contribution in [0.25, 0.3) is 23.3 Å². The highest BCUT2D eigenvalue weighted by Gasteiger charge is 2.06. The molecule has 2 amide bonds. The van der Waals surface area contributed by atoms with Crippen molar-refractivity contribution in [3.63, 3.8) is 0 Å². The molecule has 4 N–H and O–H groups in total. The zero-order valence-corrected chi connectivity index (χ0v) is 11.9. The van der Waals surface area contributed by atoms with Gasteiger partial charge in [0.2, 0.25) is 11.8 Å². The Bertz CT molecular complexity index is 696. The zero-order chi connectivity index (χ0) is 15.9. The van der Waals surface area contributed by atoms with E-state index in [4.69, 9.17) is 11.5 Å². The van der Waals surface area contributed by atoms with Gasteiger partial charge in [-0.25, -0.2) is 0 Å². The normalized spacial score (nSPS) is 11.1. The number of amides is 2. The SMILES string of the molecule is NC(=O)/C=C/c1ccccc1-c1ccccc1/C=C/C(N)=O. The van der Waals surface area contributed by atoms with E-state index in [1.807, 2.05) is 48.5 Å². The Morgan fingerprint density at radius 3 is 1.41 bits per heavy atom. The molecule has 0 saturated heterocycles. The molecule has 4 nitrogen and oxygen atoms in total. The maximum Gasteiger partial charge on any atom is 0.241 e. The third-order valence-electron chi connectivity index (χ3n) is 3.07. The van der Waals surface area contributed by atoms with E-state index in [0.29, 0.717) is 0 Å². The maximum absolute atomic E-state index is 10.9. The molecule has 0 aliphatic carbocycles. The lowest BCUT2D eigenvalue weighted by Crippen LogP contribution is -2.05. The summed E-state index contributed by atoms with van der Waals surface area (Å²) < 4.78 is 0. The lowest BCUT2D eigenvalue weighted by Gasteiger charge is -2.09. The van der Waals surface area contributed by atoms with E-state index in [1.54, 1.807) is 12.2 Å². The van der Waals surface area contributed by atoms with Crippen molar-refractivity contribution in [2.45, 2.75) is 0 Å². The molecule has 0 bridgehead atoms. The fourth-order valence-corrected chi connectivity index (χ4v) is 2.12.